The molecule has 1 heterocycles. The minimum absolute atomic E-state index is 0.00733. The first-order chi connectivity index (χ1) is 12.0. The lowest BCUT2D eigenvalue weighted by atomic mass is 10.0. The number of likely N-dealkylation sites (tertiary alicyclic amines) is 1. The van der Waals surface area contributed by atoms with Gasteiger partial charge in [0.15, 0.2) is 0 Å². The normalized spacial score (nSPS) is 18.4. The number of para-hydroxylation sites is 1. The Bertz CT molecular complexity index is 591. The van der Waals surface area contributed by atoms with Crippen molar-refractivity contribution in [3.8, 4) is 5.75 Å². The number of hydrogen-bond acceptors (Lipinski definition) is 3. The summed E-state index contributed by atoms with van der Waals surface area (Å²) < 4.78 is 5.30. The number of nitrogens with zero attached hydrogens (tertiary/aromatic N) is 1. The number of ether oxygens (including phenoxy) is 1. The fourth-order valence-corrected chi connectivity index (χ4v) is 3.20. The molecule has 0 unspecified atom stereocenters. The van der Waals surface area contributed by atoms with E-state index in [0.717, 1.165) is 37.1 Å². The van der Waals surface area contributed by atoms with Crippen LogP contribution in [0.4, 0.5) is 4.79 Å². The zero-order chi connectivity index (χ0) is 18.2. The van der Waals surface area contributed by atoms with Crippen molar-refractivity contribution in [1.29, 1.82) is 0 Å². The second-order valence-electron chi connectivity index (χ2n) is 6.56. The largest absolute Gasteiger partial charge is 0.496 e. The first-order valence-corrected chi connectivity index (χ1v) is 8.99. The molecule has 0 aliphatic carbocycles. The molecule has 0 spiro atoms. The van der Waals surface area contributed by atoms with E-state index in [1.54, 1.807) is 14.0 Å². The predicted molar refractivity (Wildman–Crippen MR) is 97.7 cm³/mol. The zero-order valence-electron chi connectivity index (χ0n) is 15.4. The fraction of sp³-hybridized carbons (Fsp3) is 0.579. The molecule has 2 rings (SSSR count). The number of urea groups is 1. The van der Waals surface area contributed by atoms with Crippen LogP contribution in [0.3, 0.4) is 0 Å². The third-order valence-corrected chi connectivity index (χ3v) is 4.68. The Labute approximate surface area is 149 Å². The molecular formula is C19H29N3O3. The molecule has 0 saturated carbocycles. The van der Waals surface area contributed by atoms with Gasteiger partial charge in [0.05, 0.1) is 7.11 Å². The highest BCUT2D eigenvalue weighted by Crippen LogP contribution is 2.18. The van der Waals surface area contributed by atoms with Crippen molar-refractivity contribution in [3.63, 3.8) is 0 Å². The molecule has 1 aromatic carbocycles. The molecule has 138 valence electrons. The van der Waals surface area contributed by atoms with Crippen LogP contribution in [0.2, 0.25) is 0 Å². The molecule has 2 N–H and O–H groups in total. The Balaban J connectivity index is 1.76. The molecule has 1 aliphatic heterocycles. The van der Waals surface area contributed by atoms with Crippen LogP contribution in [0.25, 0.3) is 0 Å². The van der Waals surface area contributed by atoms with Gasteiger partial charge >= 0.3 is 6.03 Å². The van der Waals surface area contributed by atoms with Crippen LogP contribution in [0, 0.1) is 0 Å². The van der Waals surface area contributed by atoms with Crippen molar-refractivity contribution in [2.45, 2.75) is 51.6 Å². The molecule has 1 fully saturated rings. The monoisotopic (exact) mass is 347 g/mol. The molecule has 3 amide bonds. The van der Waals surface area contributed by atoms with E-state index < -0.39 is 6.04 Å². The highest BCUT2D eigenvalue weighted by Gasteiger charge is 2.27. The maximum Gasteiger partial charge on any atom is 0.315 e. The average Bonchev–Trinajstić information content (AvgIpc) is 2.62. The number of hydrogen-bond donors (Lipinski definition) is 2. The number of nitrogens with one attached hydrogen (secondary N) is 2. The van der Waals surface area contributed by atoms with Gasteiger partial charge < -0.3 is 20.3 Å². The number of piperidine rings is 1. The number of rotatable bonds is 6. The summed E-state index contributed by atoms with van der Waals surface area (Å²) in [6.07, 6.45) is 3.90. The molecule has 0 bridgehead atoms. The molecule has 6 heteroatoms. The lowest BCUT2D eigenvalue weighted by Gasteiger charge is -2.35. The van der Waals surface area contributed by atoms with Gasteiger partial charge in [-0.2, -0.15) is 0 Å². The van der Waals surface area contributed by atoms with E-state index in [9.17, 15) is 9.59 Å². The van der Waals surface area contributed by atoms with Gasteiger partial charge in [0.2, 0.25) is 5.91 Å². The van der Waals surface area contributed by atoms with E-state index in [2.05, 4.69) is 17.6 Å². The summed E-state index contributed by atoms with van der Waals surface area (Å²) in [4.78, 5) is 26.4. The van der Waals surface area contributed by atoms with Crippen molar-refractivity contribution in [2.75, 3.05) is 20.2 Å². The third kappa shape index (κ3) is 5.37. The van der Waals surface area contributed by atoms with Crippen molar-refractivity contribution in [1.82, 2.24) is 15.5 Å². The summed E-state index contributed by atoms with van der Waals surface area (Å²) in [5.41, 5.74) is 1.04. The molecule has 0 aromatic heterocycles. The Morgan fingerprint density at radius 2 is 2.08 bits per heavy atom. The minimum atomic E-state index is -0.521. The van der Waals surface area contributed by atoms with Gasteiger partial charge in [0, 0.05) is 19.1 Å². The van der Waals surface area contributed by atoms with Crippen molar-refractivity contribution in [3.05, 3.63) is 29.8 Å². The molecule has 1 saturated heterocycles. The van der Waals surface area contributed by atoms with E-state index in [-0.39, 0.29) is 18.0 Å². The molecule has 25 heavy (non-hydrogen) atoms. The highest BCUT2D eigenvalue weighted by molar-refractivity contribution is 5.87. The summed E-state index contributed by atoms with van der Waals surface area (Å²) in [6.45, 7) is 5.06. The quantitative estimate of drug-likeness (QED) is 0.830. The summed E-state index contributed by atoms with van der Waals surface area (Å²) >= 11 is 0. The molecule has 1 aromatic rings. The number of methoxy groups -OCH3 is 1. The second-order valence-corrected chi connectivity index (χ2v) is 6.56. The Hall–Kier alpha value is -2.24. The fourth-order valence-electron chi connectivity index (χ4n) is 3.20. The molecule has 6 nitrogen and oxygen atoms in total. The Kier molecular flexibility index (Phi) is 7.10. The SMILES string of the molecule is COc1ccccc1CCNC(=O)N[C@@H](C)C(=O)N1CCCC[C@H]1C. The molecular weight excluding hydrogens is 318 g/mol. The first-order valence-electron chi connectivity index (χ1n) is 8.99. The van der Waals surface area contributed by atoms with Crippen LogP contribution >= 0.6 is 0 Å². The number of benzene rings is 1. The summed E-state index contributed by atoms with van der Waals surface area (Å²) in [5.74, 6) is 0.805. The van der Waals surface area contributed by atoms with Gasteiger partial charge in [-0.1, -0.05) is 18.2 Å². The lowest BCUT2D eigenvalue weighted by molar-refractivity contribution is -0.136. The Morgan fingerprint density at radius 1 is 1.32 bits per heavy atom. The molecule has 0 radical (unpaired) electrons. The maximum absolute atomic E-state index is 12.5. The van der Waals surface area contributed by atoms with Gasteiger partial charge in [-0.25, -0.2) is 4.79 Å². The standard InChI is InChI=1S/C19H29N3O3/c1-14-8-6-7-13-22(14)18(23)15(2)21-19(24)20-12-11-16-9-4-5-10-17(16)25-3/h4-5,9-10,14-15H,6-8,11-13H2,1-3H3,(H2,20,21,24)/t14-,15+/m1/s1. The van der Waals surface area contributed by atoms with Crippen LogP contribution < -0.4 is 15.4 Å². The van der Waals surface area contributed by atoms with E-state index in [0.29, 0.717) is 13.0 Å². The lowest BCUT2D eigenvalue weighted by Crippen LogP contribution is -2.53. The Morgan fingerprint density at radius 3 is 2.80 bits per heavy atom. The molecule has 2 atom stereocenters. The van der Waals surface area contributed by atoms with Crippen LogP contribution in [0.15, 0.2) is 24.3 Å². The molecule has 1 aliphatic rings. The van der Waals surface area contributed by atoms with Crippen LogP contribution in [-0.2, 0) is 11.2 Å². The van der Waals surface area contributed by atoms with Gasteiger partial charge in [0.25, 0.3) is 0 Å². The van der Waals surface area contributed by atoms with Gasteiger partial charge in [-0.05, 0) is 51.2 Å². The highest BCUT2D eigenvalue weighted by atomic mass is 16.5. The number of carbonyl (C=O) groups is 2. The van der Waals surface area contributed by atoms with E-state index in [4.69, 9.17) is 4.74 Å². The van der Waals surface area contributed by atoms with Crippen molar-refractivity contribution < 1.29 is 14.3 Å². The maximum atomic E-state index is 12.5. The minimum Gasteiger partial charge on any atom is -0.496 e. The summed E-state index contributed by atoms with van der Waals surface area (Å²) in [7, 11) is 1.63. The zero-order valence-corrected chi connectivity index (χ0v) is 15.4. The van der Waals surface area contributed by atoms with Crippen LogP contribution in [0.1, 0.15) is 38.7 Å². The van der Waals surface area contributed by atoms with Gasteiger partial charge in [-0.15, -0.1) is 0 Å². The summed E-state index contributed by atoms with van der Waals surface area (Å²) in [6, 6.07) is 7.14. The van der Waals surface area contributed by atoms with Crippen LogP contribution in [-0.4, -0.2) is 49.1 Å². The van der Waals surface area contributed by atoms with E-state index in [1.165, 1.54) is 0 Å². The van der Waals surface area contributed by atoms with E-state index >= 15 is 0 Å². The smallest absolute Gasteiger partial charge is 0.315 e. The number of amides is 3. The average molecular weight is 347 g/mol. The first kappa shape index (κ1) is 19.1. The van der Waals surface area contributed by atoms with Crippen LogP contribution in [0.5, 0.6) is 5.75 Å². The summed E-state index contributed by atoms with van der Waals surface area (Å²) in [5, 5.41) is 5.55. The number of carbonyl (C=O) groups excluding carboxylic acids is 2. The van der Waals surface area contributed by atoms with Crippen molar-refractivity contribution in [2.24, 2.45) is 0 Å². The van der Waals surface area contributed by atoms with Gasteiger partial charge in [-0.3, -0.25) is 4.79 Å². The predicted octanol–water partition coefficient (Wildman–Crippen LogP) is 2.33. The van der Waals surface area contributed by atoms with E-state index in [1.807, 2.05) is 29.2 Å². The second kappa shape index (κ2) is 9.30. The third-order valence-electron chi connectivity index (χ3n) is 4.68. The van der Waals surface area contributed by atoms with Crippen molar-refractivity contribution >= 4 is 11.9 Å². The topological polar surface area (TPSA) is 70.7 Å². The van der Waals surface area contributed by atoms with Gasteiger partial charge in [0.1, 0.15) is 11.8 Å².